The summed E-state index contributed by atoms with van der Waals surface area (Å²) in [4.78, 5) is 28.0. The van der Waals surface area contributed by atoms with Crippen molar-refractivity contribution in [2.24, 2.45) is 0 Å². The van der Waals surface area contributed by atoms with Crippen LogP contribution in [0.25, 0.3) is 0 Å². The molecule has 2 aromatic carbocycles. The fraction of sp³-hybridized carbons (Fsp3) is 0.300. The van der Waals surface area contributed by atoms with Crippen molar-refractivity contribution in [1.29, 1.82) is 0 Å². The molecule has 0 aromatic heterocycles. The monoisotopic (exact) mass is 389 g/mol. The molecule has 0 aliphatic carbocycles. The van der Waals surface area contributed by atoms with Crippen molar-refractivity contribution in [3.63, 3.8) is 0 Å². The topological polar surface area (TPSA) is 61.9 Å². The molecule has 0 unspecified atom stereocenters. The van der Waals surface area contributed by atoms with E-state index < -0.39 is 0 Å². The van der Waals surface area contributed by atoms with Gasteiger partial charge in [0, 0.05) is 43.5 Å². The predicted molar refractivity (Wildman–Crippen MR) is 110 cm³/mol. The molecule has 0 atom stereocenters. The Morgan fingerprint density at radius 1 is 1.11 bits per heavy atom. The summed E-state index contributed by atoms with van der Waals surface area (Å²) in [5.41, 5.74) is 2.99. The summed E-state index contributed by atoms with van der Waals surface area (Å²) in [6.45, 7) is 3.16. The molecule has 0 fully saturated rings. The molecule has 6 nitrogen and oxygen atoms in total. The predicted octanol–water partition coefficient (Wildman–Crippen LogP) is 3.71. The largest absolute Gasteiger partial charge is 0.495 e. The molecule has 7 heteroatoms. The molecule has 0 spiro atoms. The second kappa shape index (κ2) is 8.77. The molecule has 2 aromatic rings. The fourth-order valence-corrected chi connectivity index (χ4v) is 2.73. The van der Waals surface area contributed by atoms with Gasteiger partial charge in [0.15, 0.2) is 0 Å². The lowest BCUT2D eigenvalue weighted by molar-refractivity contribution is -0.120. The highest BCUT2D eigenvalue weighted by Gasteiger charge is 2.18. The molecule has 0 aliphatic rings. The molecule has 0 bridgehead atoms. The van der Waals surface area contributed by atoms with Crippen LogP contribution in [0.4, 0.5) is 17.1 Å². The number of halogens is 1. The van der Waals surface area contributed by atoms with Gasteiger partial charge in [0.1, 0.15) is 12.3 Å². The Balaban J connectivity index is 2.18. The number of carbonyl (C=O) groups excluding carboxylic acids is 2. The number of hydrogen-bond acceptors (Lipinski definition) is 4. The van der Waals surface area contributed by atoms with E-state index in [0.717, 1.165) is 11.3 Å². The molecular weight excluding hydrogens is 366 g/mol. The van der Waals surface area contributed by atoms with E-state index in [0.29, 0.717) is 22.1 Å². The number of carbonyl (C=O) groups is 2. The number of aryl methyl sites for hydroxylation is 1. The highest BCUT2D eigenvalue weighted by molar-refractivity contribution is 6.31. The molecule has 0 aliphatic heterocycles. The van der Waals surface area contributed by atoms with Gasteiger partial charge in [-0.3, -0.25) is 9.59 Å². The van der Waals surface area contributed by atoms with Crippen molar-refractivity contribution in [3.8, 4) is 5.75 Å². The highest BCUT2D eigenvalue weighted by atomic mass is 35.5. The van der Waals surface area contributed by atoms with Crippen molar-refractivity contribution in [2.45, 2.75) is 13.8 Å². The van der Waals surface area contributed by atoms with Gasteiger partial charge in [-0.15, -0.1) is 0 Å². The average Bonchev–Trinajstić information content (AvgIpc) is 2.62. The first-order valence-electron chi connectivity index (χ1n) is 8.42. The lowest BCUT2D eigenvalue weighted by Crippen LogP contribution is -2.36. The average molecular weight is 390 g/mol. The van der Waals surface area contributed by atoms with Crippen LogP contribution in [0.1, 0.15) is 12.5 Å². The van der Waals surface area contributed by atoms with Crippen LogP contribution in [0.15, 0.2) is 36.4 Å². The second-order valence-electron chi connectivity index (χ2n) is 6.37. The Kier molecular flexibility index (Phi) is 6.69. The van der Waals surface area contributed by atoms with Gasteiger partial charge in [-0.05, 0) is 42.8 Å². The first-order valence-corrected chi connectivity index (χ1v) is 8.80. The summed E-state index contributed by atoms with van der Waals surface area (Å²) in [5.74, 6) is -0.0902. The van der Waals surface area contributed by atoms with Crippen LogP contribution in [0.5, 0.6) is 5.75 Å². The minimum atomic E-state index is -0.332. The molecule has 2 amide bonds. The van der Waals surface area contributed by atoms with E-state index in [9.17, 15) is 9.59 Å². The van der Waals surface area contributed by atoms with Crippen molar-refractivity contribution < 1.29 is 14.3 Å². The molecule has 0 heterocycles. The van der Waals surface area contributed by atoms with Gasteiger partial charge >= 0.3 is 0 Å². The Bertz CT molecular complexity index is 835. The first kappa shape index (κ1) is 20.6. The van der Waals surface area contributed by atoms with Crippen molar-refractivity contribution in [1.82, 2.24) is 0 Å². The molecule has 0 radical (unpaired) electrons. The van der Waals surface area contributed by atoms with Gasteiger partial charge in [0.2, 0.25) is 11.8 Å². The van der Waals surface area contributed by atoms with Gasteiger partial charge in [0.25, 0.3) is 0 Å². The van der Waals surface area contributed by atoms with E-state index in [1.807, 2.05) is 50.2 Å². The van der Waals surface area contributed by atoms with Gasteiger partial charge in [0.05, 0.1) is 12.8 Å². The van der Waals surface area contributed by atoms with Gasteiger partial charge in [-0.25, -0.2) is 0 Å². The van der Waals surface area contributed by atoms with Crippen LogP contribution in [0.3, 0.4) is 0 Å². The van der Waals surface area contributed by atoms with Crippen LogP contribution in [-0.4, -0.2) is 39.6 Å². The van der Waals surface area contributed by atoms with Crippen LogP contribution < -0.4 is 19.9 Å². The zero-order chi connectivity index (χ0) is 20.1. The number of amides is 2. The van der Waals surface area contributed by atoms with E-state index in [2.05, 4.69) is 5.32 Å². The van der Waals surface area contributed by atoms with Crippen molar-refractivity contribution in [2.75, 3.05) is 42.9 Å². The summed E-state index contributed by atoms with van der Waals surface area (Å²) in [5, 5.41) is 3.34. The number of nitrogens with one attached hydrogen (secondary N) is 1. The summed E-state index contributed by atoms with van der Waals surface area (Å²) < 4.78 is 5.27. The number of methoxy groups -OCH3 is 1. The number of nitrogens with zero attached hydrogens (tertiary/aromatic N) is 2. The van der Waals surface area contributed by atoms with E-state index >= 15 is 0 Å². The van der Waals surface area contributed by atoms with Crippen LogP contribution in [-0.2, 0) is 9.59 Å². The normalized spacial score (nSPS) is 10.3. The van der Waals surface area contributed by atoms with Crippen molar-refractivity contribution in [3.05, 3.63) is 47.0 Å². The standard InChI is InChI=1S/C20H24ClN3O3/c1-13-10-18(19(27-5)11-17(13)21)22-20(26)12-24(14(2)25)16-8-6-15(7-9-16)23(3)4/h6-11H,12H2,1-5H3,(H,22,26). The maximum Gasteiger partial charge on any atom is 0.244 e. The summed E-state index contributed by atoms with van der Waals surface area (Å²) >= 11 is 6.09. The Morgan fingerprint density at radius 3 is 2.22 bits per heavy atom. The van der Waals surface area contributed by atoms with Gasteiger partial charge < -0.3 is 19.9 Å². The van der Waals surface area contributed by atoms with E-state index in [1.54, 1.807) is 12.1 Å². The zero-order valence-electron chi connectivity index (χ0n) is 16.2. The number of hydrogen-bond donors (Lipinski definition) is 1. The molecule has 2 rings (SSSR count). The maximum atomic E-state index is 12.5. The first-order chi connectivity index (χ1) is 12.7. The second-order valence-corrected chi connectivity index (χ2v) is 6.77. The minimum absolute atomic E-state index is 0.110. The van der Waals surface area contributed by atoms with E-state index in [4.69, 9.17) is 16.3 Å². The smallest absolute Gasteiger partial charge is 0.244 e. The third-order valence-electron chi connectivity index (χ3n) is 4.11. The summed E-state index contributed by atoms with van der Waals surface area (Å²) in [7, 11) is 5.38. The highest BCUT2D eigenvalue weighted by Crippen LogP contribution is 2.31. The number of ether oxygens (including phenoxy) is 1. The molecule has 0 saturated carbocycles. The molecule has 144 valence electrons. The van der Waals surface area contributed by atoms with Gasteiger partial charge in [-0.2, -0.15) is 0 Å². The summed E-state index contributed by atoms with van der Waals surface area (Å²) in [6.07, 6.45) is 0. The maximum absolute atomic E-state index is 12.5. The number of rotatable bonds is 6. The summed E-state index contributed by atoms with van der Waals surface area (Å²) in [6, 6.07) is 10.8. The van der Waals surface area contributed by atoms with Crippen LogP contribution in [0, 0.1) is 6.92 Å². The molecule has 1 N–H and O–H groups in total. The Labute approximate surface area is 164 Å². The quantitative estimate of drug-likeness (QED) is 0.818. The SMILES string of the molecule is COc1cc(Cl)c(C)cc1NC(=O)CN(C(C)=O)c1ccc(N(C)C)cc1. The molecule has 0 saturated heterocycles. The van der Waals surface area contributed by atoms with E-state index in [1.165, 1.54) is 18.9 Å². The lowest BCUT2D eigenvalue weighted by atomic mass is 10.2. The van der Waals surface area contributed by atoms with Gasteiger partial charge in [-0.1, -0.05) is 11.6 Å². The lowest BCUT2D eigenvalue weighted by Gasteiger charge is -2.22. The molecular formula is C20H24ClN3O3. The fourth-order valence-electron chi connectivity index (χ4n) is 2.58. The zero-order valence-corrected chi connectivity index (χ0v) is 16.9. The number of benzene rings is 2. The van der Waals surface area contributed by atoms with E-state index in [-0.39, 0.29) is 18.4 Å². The third-order valence-corrected chi connectivity index (χ3v) is 4.52. The van der Waals surface area contributed by atoms with Crippen LogP contribution in [0.2, 0.25) is 5.02 Å². The number of anilines is 3. The van der Waals surface area contributed by atoms with Crippen molar-refractivity contribution >= 4 is 40.5 Å². The Hall–Kier alpha value is -2.73. The minimum Gasteiger partial charge on any atom is -0.495 e. The van der Waals surface area contributed by atoms with Crippen LogP contribution >= 0.6 is 11.6 Å². The third kappa shape index (κ3) is 5.14. The molecule has 27 heavy (non-hydrogen) atoms. The Morgan fingerprint density at radius 2 is 1.70 bits per heavy atom.